The van der Waals surface area contributed by atoms with Gasteiger partial charge in [-0.05, 0) is 85.0 Å². The first kappa shape index (κ1) is 36.3. The van der Waals surface area contributed by atoms with Gasteiger partial charge in [-0.3, -0.25) is 14.0 Å². The molecule has 2 heterocycles. The second kappa shape index (κ2) is 15.1. The lowest BCUT2D eigenvalue weighted by atomic mass is 9.90. The number of nitrogens with one attached hydrogen (secondary N) is 1. The van der Waals surface area contributed by atoms with Gasteiger partial charge in [-0.25, -0.2) is 4.39 Å². The molecule has 0 amide bonds. The Balaban J connectivity index is 1.69. The fraction of sp³-hybridized carbons (Fsp3) is 0.500. The summed E-state index contributed by atoms with van der Waals surface area (Å²) in [5, 5.41) is 13.0. The summed E-state index contributed by atoms with van der Waals surface area (Å²) in [6, 6.07) is 8.20. The van der Waals surface area contributed by atoms with Crippen LogP contribution in [0.1, 0.15) is 72.2 Å². The molecule has 0 spiro atoms. The number of nitrogens with zero attached hydrogens (tertiary/aromatic N) is 2. The van der Waals surface area contributed by atoms with Crippen molar-refractivity contribution in [2.45, 2.75) is 72.1 Å². The van der Waals surface area contributed by atoms with Crippen molar-refractivity contribution < 1.29 is 31.9 Å². The molecule has 0 aliphatic carbocycles. The highest BCUT2D eigenvalue weighted by Gasteiger charge is 2.35. The van der Waals surface area contributed by atoms with Crippen molar-refractivity contribution in [2.24, 2.45) is 11.8 Å². The summed E-state index contributed by atoms with van der Waals surface area (Å²) in [7, 11) is 0. The average Bonchev–Trinajstić information content (AvgIpc) is 2.95. The third-order valence-electron chi connectivity index (χ3n) is 8.96. The van der Waals surface area contributed by atoms with E-state index in [0.717, 1.165) is 22.3 Å². The largest absolute Gasteiger partial charge is 0.481 e. The van der Waals surface area contributed by atoms with Gasteiger partial charge in [0.25, 0.3) is 5.56 Å². The van der Waals surface area contributed by atoms with Crippen LogP contribution in [0.2, 0.25) is 0 Å². The lowest BCUT2D eigenvalue weighted by Crippen LogP contribution is -2.48. The molecule has 0 saturated carbocycles. The number of aliphatic carboxylic acids is 1. The number of pyridine rings is 1. The minimum Gasteiger partial charge on any atom is -0.481 e. The molecule has 1 fully saturated rings. The first-order valence-corrected chi connectivity index (χ1v) is 16.0. The van der Waals surface area contributed by atoms with Crippen molar-refractivity contribution in [1.82, 2.24) is 14.8 Å². The maximum absolute atomic E-state index is 15.7. The number of aryl methyl sites for hydroxylation is 3. The second-order valence-electron chi connectivity index (χ2n) is 13.3. The molecule has 11 heteroatoms. The molecule has 3 aromatic rings. The first-order chi connectivity index (χ1) is 22.1. The molecule has 1 saturated heterocycles. The van der Waals surface area contributed by atoms with E-state index >= 15 is 4.39 Å². The van der Waals surface area contributed by atoms with Crippen LogP contribution in [0, 0.1) is 38.4 Å². The summed E-state index contributed by atoms with van der Waals surface area (Å²) in [6.07, 6.45) is -3.52. The predicted octanol–water partition coefficient (Wildman–Crippen LogP) is 7.44. The Morgan fingerprint density at radius 3 is 2.30 bits per heavy atom. The van der Waals surface area contributed by atoms with Crippen LogP contribution in [0.5, 0.6) is 0 Å². The summed E-state index contributed by atoms with van der Waals surface area (Å²) in [5.74, 6) is -1.79. The standard InChI is InChI=1S/C36H44F5N3O3/c1-21(2)11-28(44-20-26(9-10-43-18-25(16-37)19-43)30(14-32(44)45)36(39,40)41)17-42-31(15-33(46)47)29-13-27(12-24(5)35(29)38)34-22(3)7-6-8-23(34)4/h6-8,12-14,20-21,25,28,31,42H,9-11,15-19H2,1-5H3,(H,46,47). The average molecular weight is 662 g/mol. The Bertz CT molecular complexity index is 1610. The van der Waals surface area contributed by atoms with Gasteiger partial charge in [-0.1, -0.05) is 32.0 Å². The maximum atomic E-state index is 15.7. The Kier molecular flexibility index (Phi) is 11.7. The van der Waals surface area contributed by atoms with E-state index in [1.54, 1.807) is 19.1 Å². The van der Waals surface area contributed by atoms with Gasteiger partial charge < -0.3 is 19.9 Å². The molecule has 47 heavy (non-hydrogen) atoms. The van der Waals surface area contributed by atoms with Gasteiger partial charge in [0.2, 0.25) is 0 Å². The topological polar surface area (TPSA) is 74.6 Å². The van der Waals surface area contributed by atoms with Crippen LogP contribution in [0.4, 0.5) is 22.0 Å². The molecule has 4 rings (SSSR count). The molecular formula is C36H44F5N3O3. The molecule has 1 aliphatic rings. The van der Waals surface area contributed by atoms with Crippen molar-refractivity contribution in [3.63, 3.8) is 0 Å². The van der Waals surface area contributed by atoms with Crippen molar-refractivity contribution in [3.05, 3.63) is 92.1 Å². The van der Waals surface area contributed by atoms with E-state index < -0.39 is 54.3 Å². The fourth-order valence-electron chi connectivity index (χ4n) is 6.62. The number of rotatable bonds is 14. The van der Waals surface area contributed by atoms with Crippen molar-refractivity contribution in [1.29, 1.82) is 0 Å². The first-order valence-electron chi connectivity index (χ1n) is 16.0. The third kappa shape index (κ3) is 8.87. The molecule has 0 radical (unpaired) electrons. The normalized spacial score (nSPS) is 15.6. The molecule has 2 aromatic carbocycles. The predicted molar refractivity (Wildman–Crippen MR) is 173 cm³/mol. The zero-order chi connectivity index (χ0) is 34.6. The lowest BCUT2D eigenvalue weighted by molar-refractivity contribution is -0.139. The smallest absolute Gasteiger partial charge is 0.416 e. The molecule has 1 aliphatic heterocycles. The Morgan fingerprint density at radius 2 is 1.72 bits per heavy atom. The highest BCUT2D eigenvalue weighted by molar-refractivity contribution is 5.73. The van der Waals surface area contributed by atoms with E-state index in [0.29, 0.717) is 37.7 Å². The third-order valence-corrected chi connectivity index (χ3v) is 8.96. The highest BCUT2D eigenvalue weighted by Crippen LogP contribution is 2.35. The second-order valence-corrected chi connectivity index (χ2v) is 13.3. The van der Waals surface area contributed by atoms with Gasteiger partial charge in [0.1, 0.15) is 5.82 Å². The maximum Gasteiger partial charge on any atom is 0.416 e. The summed E-state index contributed by atoms with van der Waals surface area (Å²) in [6.45, 7) is 10.1. The molecule has 2 N–H and O–H groups in total. The van der Waals surface area contributed by atoms with Gasteiger partial charge in [0.05, 0.1) is 18.7 Å². The number of alkyl halides is 4. The van der Waals surface area contributed by atoms with Crippen LogP contribution in [0.3, 0.4) is 0 Å². The number of carboxylic acids is 1. The van der Waals surface area contributed by atoms with Gasteiger partial charge in [0.15, 0.2) is 0 Å². The summed E-state index contributed by atoms with van der Waals surface area (Å²) in [5.41, 5.74) is 2.27. The molecule has 6 nitrogen and oxygen atoms in total. The monoisotopic (exact) mass is 661 g/mol. The van der Waals surface area contributed by atoms with Crippen molar-refractivity contribution in [3.8, 4) is 11.1 Å². The van der Waals surface area contributed by atoms with Crippen LogP contribution < -0.4 is 10.9 Å². The summed E-state index contributed by atoms with van der Waals surface area (Å²) in [4.78, 5) is 27.1. The Morgan fingerprint density at radius 1 is 1.06 bits per heavy atom. The molecule has 256 valence electrons. The number of hydrogen-bond acceptors (Lipinski definition) is 4. The molecular weight excluding hydrogens is 617 g/mol. The molecule has 1 aromatic heterocycles. The van der Waals surface area contributed by atoms with E-state index in [9.17, 15) is 32.3 Å². The zero-order valence-corrected chi connectivity index (χ0v) is 27.6. The summed E-state index contributed by atoms with van der Waals surface area (Å²) >= 11 is 0. The number of likely N-dealkylation sites (tertiary alicyclic amines) is 1. The van der Waals surface area contributed by atoms with Gasteiger partial charge in [0, 0.05) is 62.0 Å². The quantitative estimate of drug-likeness (QED) is 0.176. The number of carbonyl (C=O) groups is 1. The van der Waals surface area contributed by atoms with E-state index in [2.05, 4.69) is 5.32 Å². The van der Waals surface area contributed by atoms with Crippen LogP contribution in [-0.4, -0.2) is 53.4 Å². The van der Waals surface area contributed by atoms with E-state index in [1.807, 2.05) is 50.8 Å². The molecule has 2 atom stereocenters. The number of halogens is 5. The van der Waals surface area contributed by atoms with Gasteiger partial charge in [-0.15, -0.1) is 0 Å². The SMILES string of the molecule is Cc1cc(-c2c(C)cccc2C)cc(C(CC(=O)O)NCC(CC(C)C)n2cc(CCN3CC(CF)C3)c(C(F)(F)F)cc2=O)c1F. The van der Waals surface area contributed by atoms with E-state index in [4.69, 9.17) is 0 Å². The lowest BCUT2D eigenvalue weighted by Gasteiger charge is -2.38. The minimum atomic E-state index is -4.74. The van der Waals surface area contributed by atoms with E-state index in [-0.39, 0.29) is 35.9 Å². The van der Waals surface area contributed by atoms with E-state index in [1.165, 1.54) is 10.8 Å². The van der Waals surface area contributed by atoms with Crippen molar-refractivity contribution >= 4 is 5.97 Å². The zero-order valence-electron chi connectivity index (χ0n) is 27.6. The minimum absolute atomic E-state index is 0.0112. The van der Waals surface area contributed by atoms with Crippen LogP contribution in [0.15, 0.2) is 47.4 Å². The van der Waals surface area contributed by atoms with Gasteiger partial charge in [-0.2, -0.15) is 13.2 Å². The Labute approximate surface area is 272 Å². The number of aromatic nitrogens is 1. The molecule has 2 unspecified atom stereocenters. The number of benzene rings is 2. The van der Waals surface area contributed by atoms with Crippen LogP contribution in [-0.2, 0) is 17.4 Å². The highest BCUT2D eigenvalue weighted by atomic mass is 19.4. The molecule has 0 bridgehead atoms. The van der Waals surface area contributed by atoms with Crippen LogP contribution >= 0.6 is 0 Å². The number of hydrogen-bond donors (Lipinski definition) is 2. The number of carboxylic acid groups (broad SMARTS) is 1. The van der Waals surface area contributed by atoms with Gasteiger partial charge >= 0.3 is 12.1 Å². The van der Waals surface area contributed by atoms with Crippen LogP contribution in [0.25, 0.3) is 11.1 Å². The van der Waals surface area contributed by atoms with Crippen molar-refractivity contribution in [2.75, 3.05) is 32.9 Å². The summed E-state index contributed by atoms with van der Waals surface area (Å²) < 4.78 is 72.0. The Hall–Kier alpha value is -3.57. The fourth-order valence-corrected chi connectivity index (χ4v) is 6.62.